The Hall–Kier alpha value is -2.98. The number of piperidine rings is 1. The third-order valence-corrected chi connectivity index (χ3v) is 5.59. The zero-order chi connectivity index (χ0) is 20.8. The van der Waals surface area contributed by atoms with Crippen LogP contribution in [0.1, 0.15) is 47.3 Å². The molecule has 0 unspecified atom stereocenters. The molecule has 0 saturated carbocycles. The molecule has 1 fully saturated rings. The molecule has 0 aliphatic carbocycles. The molecule has 7 heteroatoms. The maximum Gasteiger partial charge on any atom is 0.266 e. The first kappa shape index (κ1) is 20.7. The van der Waals surface area contributed by atoms with Crippen molar-refractivity contribution in [1.29, 1.82) is 5.26 Å². The lowest BCUT2D eigenvalue weighted by Crippen LogP contribution is -2.44. The highest BCUT2D eigenvalue weighted by Crippen LogP contribution is 2.16. The van der Waals surface area contributed by atoms with Crippen LogP contribution in [0.25, 0.3) is 0 Å². The summed E-state index contributed by atoms with van der Waals surface area (Å²) in [5, 5.41) is 12.3. The van der Waals surface area contributed by atoms with Crippen LogP contribution in [0.4, 0.5) is 0 Å². The summed E-state index contributed by atoms with van der Waals surface area (Å²) in [5.41, 5.74) is 3.10. The molecule has 1 aliphatic rings. The van der Waals surface area contributed by atoms with Crippen molar-refractivity contribution in [2.75, 3.05) is 13.1 Å². The quantitative estimate of drug-likeness (QED) is 0.781. The van der Waals surface area contributed by atoms with Crippen molar-refractivity contribution in [3.05, 3.63) is 62.8 Å². The molecule has 0 bridgehead atoms. The lowest BCUT2D eigenvalue weighted by atomic mass is 9.98. The van der Waals surface area contributed by atoms with Crippen molar-refractivity contribution in [1.82, 2.24) is 20.2 Å². The van der Waals surface area contributed by atoms with Crippen LogP contribution in [-0.2, 0) is 17.8 Å². The van der Waals surface area contributed by atoms with Gasteiger partial charge < -0.3 is 10.3 Å². The number of nitriles is 1. The fourth-order valence-corrected chi connectivity index (χ4v) is 3.91. The van der Waals surface area contributed by atoms with Crippen LogP contribution in [0, 0.1) is 25.2 Å². The molecule has 0 aromatic carbocycles. The van der Waals surface area contributed by atoms with E-state index in [1.165, 1.54) is 0 Å². The number of pyridine rings is 2. The number of carbonyl (C=O) groups excluding carboxylic acids is 1. The normalized spacial score (nSPS) is 15.1. The molecule has 3 rings (SSSR count). The lowest BCUT2D eigenvalue weighted by Gasteiger charge is -2.32. The van der Waals surface area contributed by atoms with E-state index in [-0.39, 0.29) is 23.1 Å². The lowest BCUT2D eigenvalue weighted by molar-refractivity contribution is -0.122. The van der Waals surface area contributed by atoms with Gasteiger partial charge in [0.05, 0.1) is 5.69 Å². The topological polar surface area (TPSA) is 102 Å². The maximum atomic E-state index is 12.4. The minimum atomic E-state index is -0.367. The number of aryl methyl sites for hydroxylation is 1. The molecule has 3 heterocycles. The van der Waals surface area contributed by atoms with Crippen LogP contribution in [0.5, 0.6) is 0 Å². The van der Waals surface area contributed by atoms with Crippen molar-refractivity contribution in [3.63, 3.8) is 0 Å². The van der Waals surface area contributed by atoms with E-state index in [1.54, 1.807) is 13.8 Å². The Morgan fingerprint density at radius 1 is 1.34 bits per heavy atom. The second kappa shape index (κ2) is 9.48. The molecule has 0 spiro atoms. The number of aromatic nitrogens is 2. The van der Waals surface area contributed by atoms with Gasteiger partial charge in [0, 0.05) is 44.0 Å². The standard InChI is InChI=1S/C22H27N5O2/c1-15-19(16(2)25-22(29)20(15)13-23)6-7-21(28)26-17-8-11-27(12-9-17)14-18-5-3-4-10-24-18/h3-5,10,17H,6-9,11-12,14H2,1-2H3,(H,25,29)(H,26,28). The number of hydrogen-bond acceptors (Lipinski definition) is 5. The van der Waals surface area contributed by atoms with Crippen molar-refractivity contribution in [2.24, 2.45) is 0 Å². The van der Waals surface area contributed by atoms with Gasteiger partial charge in [0.1, 0.15) is 11.6 Å². The van der Waals surface area contributed by atoms with Crippen LogP contribution in [0.3, 0.4) is 0 Å². The molecular formula is C22H27N5O2. The molecule has 1 aliphatic heterocycles. The van der Waals surface area contributed by atoms with Gasteiger partial charge in [-0.2, -0.15) is 5.26 Å². The van der Waals surface area contributed by atoms with E-state index in [2.05, 4.69) is 20.2 Å². The van der Waals surface area contributed by atoms with Gasteiger partial charge >= 0.3 is 0 Å². The first-order valence-corrected chi connectivity index (χ1v) is 10.0. The largest absolute Gasteiger partial charge is 0.353 e. The third-order valence-electron chi connectivity index (χ3n) is 5.59. The number of amides is 1. The average molecular weight is 393 g/mol. The number of rotatable bonds is 6. The number of likely N-dealkylation sites (tertiary alicyclic amines) is 1. The highest BCUT2D eigenvalue weighted by atomic mass is 16.1. The Labute approximate surface area is 170 Å². The average Bonchev–Trinajstić information content (AvgIpc) is 2.70. The van der Waals surface area contributed by atoms with Crippen LogP contribution in [0.2, 0.25) is 0 Å². The fourth-order valence-electron chi connectivity index (χ4n) is 3.91. The molecule has 2 N–H and O–H groups in total. The predicted molar refractivity (Wildman–Crippen MR) is 110 cm³/mol. The summed E-state index contributed by atoms with van der Waals surface area (Å²) in [7, 11) is 0. The minimum Gasteiger partial charge on any atom is -0.353 e. The molecule has 29 heavy (non-hydrogen) atoms. The van der Waals surface area contributed by atoms with E-state index in [1.807, 2.05) is 30.5 Å². The first-order chi connectivity index (χ1) is 14.0. The number of nitrogens with zero attached hydrogens (tertiary/aromatic N) is 3. The van der Waals surface area contributed by atoms with E-state index in [4.69, 9.17) is 5.26 Å². The monoisotopic (exact) mass is 393 g/mol. The van der Waals surface area contributed by atoms with E-state index in [9.17, 15) is 9.59 Å². The summed E-state index contributed by atoms with van der Waals surface area (Å²) >= 11 is 0. The minimum absolute atomic E-state index is 0.0108. The molecule has 0 atom stereocenters. The van der Waals surface area contributed by atoms with Crippen LogP contribution in [-0.4, -0.2) is 39.9 Å². The molecule has 2 aromatic heterocycles. The molecule has 7 nitrogen and oxygen atoms in total. The number of nitrogens with one attached hydrogen (secondary N) is 2. The molecule has 1 amide bonds. The van der Waals surface area contributed by atoms with Gasteiger partial charge in [-0.15, -0.1) is 0 Å². The van der Waals surface area contributed by atoms with Gasteiger partial charge in [-0.05, 0) is 56.4 Å². The zero-order valence-corrected chi connectivity index (χ0v) is 17.0. The fraction of sp³-hybridized carbons (Fsp3) is 0.455. The van der Waals surface area contributed by atoms with Gasteiger partial charge in [0.15, 0.2) is 0 Å². The number of aromatic amines is 1. The van der Waals surface area contributed by atoms with Gasteiger partial charge in [-0.25, -0.2) is 0 Å². The van der Waals surface area contributed by atoms with E-state index < -0.39 is 0 Å². The molecular weight excluding hydrogens is 366 g/mol. The van der Waals surface area contributed by atoms with Gasteiger partial charge in [-0.1, -0.05) is 6.07 Å². The highest BCUT2D eigenvalue weighted by Gasteiger charge is 2.21. The second-order valence-corrected chi connectivity index (χ2v) is 7.61. The van der Waals surface area contributed by atoms with Crippen LogP contribution < -0.4 is 10.9 Å². The van der Waals surface area contributed by atoms with Crippen molar-refractivity contribution >= 4 is 5.91 Å². The van der Waals surface area contributed by atoms with Crippen molar-refractivity contribution in [3.8, 4) is 6.07 Å². The smallest absolute Gasteiger partial charge is 0.266 e. The number of carbonyl (C=O) groups is 1. The van der Waals surface area contributed by atoms with Gasteiger partial charge in [-0.3, -0.25) is 19.5 Å². The Morgan fingerprint density at radius 2 is 2.10 bits per heavy atom. The predicted octanol–water partition coefficient (Wildman–Crippen LogP) is 1.97. The third kappa shape index (κ3) is 5.30. The Morgan fingerprint density at radius 3 is 2.76 bits per heavy atom. The van der Waals surface area contributed by atoms with Crippen LogP contribution in [0.15, 0.2) is 29.2 Å². The summed E-state index contributed by atoms with van der Waals surface area (Å²) < 4.78 is 0. The zero-order valence-electron chi connectivity index (χ0n) is 17.0. The Bertz CT molecular complexity index is 954. The van der Waals surface area contributed by atoms with Gasteiger partial charge in [0.2, 0.25) is 5.91 Å². The van der Waals surface area contributed by atoms with Crippen molar-refractivity contribution in [2.45, 2.75) is 52.1 Å². The number of hydrogen-bond donors (Lipinski definition) is 2. The van der Waals surface area contributed by atoms with Crippen molar-refractivity contribution < 1.29 is 4.79 Å². The summed E-state index contributed by atoms with van der Waals surface area (Å²) in [4.78, 5) is 33.7. The SMILES string of the molecule is Cc1[nH]c(=O)c(C#N)c(C)c1CCC(=O)NC1CCN(Cc2ccccn2)CC1. The molecule has 1 saturated heterocycles. The Balaban J connectivity index is 1.48. The van der Waals surface area contributed by atoms with Crippen LogP contribution >= 0.6 is 0 Å². The van der Waals surface area contributed by atoms with Gasteiger partial charge in [0.25, 0.3) is 5.56 Å². The summed E-state index contributed by atoms with van der Waals surface area (Å²) in [6, 6.07) is 8.10. The van der Waals surface area contributed by atoms with E-state index >= 15 is 0 Å². The molecule has 0 radical (unpaired) electrons. The van der Waals surface area contributed by atoms with E-state index in [0.717, 1.165) is 49.4 Å². The summed E-state index contributed by atoms with van der Waals surface area (Å²) in [6.07, 6.45) is 4.51. The first-order valence-electron chi connectivity index (χ1n) is 10.0. The van der Waals surface area contributed by atoms with E-state index in [0.29, 0.717) is 18.4 Å². The second-order valence-electron chi connectivity index (χ2n) is 7.61. The molecule has 2 aromatic rings. The molecule has 152 valence electrons. The number of H-pyrrole nitrogens is 1. The highest BCUT2D eigenvalue weighted by molar-refractivity contribution is 5.76. The Kier molecular flexibility index (Phi) is 6.78. The maximum absolute atomic E-state index is 12.4. The summed E-state index contributed by atoms with van der Waals surface area (Å²) in [5.74, 6) is 0.0108. The summed E-state index contributed by atoms with van der Waals surface area (Å²) in [6.45, 7) is 6.29.